The van der Waals surface area contributed by atoms with E-state index in [1.165, 1.54) is 0 Å². The Labute approximate surface area is 410 Å². The maximum Gasteiger partial charge on any atom is 0.251 e. The maximum absolute atomic E-state index is 14.0. The van der Waals surface area contributed by atoms with Crippen molar-refractivity contribution in [2.75, 3.05) is 25.1 Å². The number of nitrogens with zero attached hydrogens (tertiary/aromatic N) is 3. The minimum absolute atomic E-state index is 0.0113. The van der Waals surface area contributed by atoms with Crippen molar-refractivity contribution < 1.29 is 23.1 Å². The molecule has 0 spiro atoms. The molecule has 370 valence electrons. The Kier molecular flexibility index (Phi) is 17.3. The largest absolute Gasteiger partial charge is 0.489 e. The first-order chi connectivity index (χ1) is 32.0. The molecule has 0 unspecified atom stereocenters. The summed E-state index contributed by atoms with van der Waals surface area (Å²) >= 11 is 0. The van der Waals surface area contributed by atoms with Crippen molar-refractivity contribution in [3.05, 3.63) is 118 Å². The summed E-state index contributed by atoms with van der Waals surface area (Å²) < 4.78 is 28.3. The lowest BCUT2D eigenvalue weighted by Crippen LogP contribution is -2.47. The van der Waals surface area contributed by atoms with E-state index in [0.29, 0.717) is 38.3 Å². The van der Waals surface area contributed by atoms with E-state index in [-0.39, 0.29) is 33.7 Å². The molecule has 11 nitrogen and oxygen atoms in total. The number of pyridine rings is 1. The Balaban J connectivity index is 1.20. The summed E-state index contributed by atoms with van der Waals surface area (Å²) in [6.07, 6.45) is 4.98. The molecule has 3 N–H and O–H groups in total. The predicted molar refractivity (Wildman–Crippen MR) is 284 cm³/mol. The molecule has 13 heteroatoms. The van der Waals surface area contributed by atoms with Gasteiger partial charge in [0.25, 0.3) is 5.91 Å². The topological polar surface area (TPSA) is 121 Å². The molecule has 3 aromatic carbocycles. The molecular weight excluding hydrogens is 881 g/mol. The van der Waals surface area contributed by atoms with Crippen LogP contribution in [0.15, 0.2) is 79.0 Å². The Morgan fingerprint density at radius 3 is 2.21 bits per heavy atom. The zero-order valence-corrected chi connectivity index (χ0v) is 45.8. The SMILES string of the molecule is CCc1nc2c(cnn2CC)c(NC2CCOCC2)c1CNC(=O)c1cccc(CC(C)(C)NC[C@H](O[Si](C)(C)C(C)(C)C)c2ccc(OCc3ccccc3)c(CO[Si](C)(C)C(C)(C)C)c2)c1. The molecule has 0 bridgehead atoms. The fraction of sp³-hybridized carbons (Fsp3) is 0.545. The van der Waals surface area contributed by atoms with E-state index in [4.69, 9.17) is 23.3 Å². The highest BCUT2D eigenvalue weighted by Crippen LogP contribution is 2.42. The van der Waals surface area contributed by atoms with Gasteiger partial charge >= 0.3 is 0 Å². The van der Waals surface area contributed by atoms with Gasteiger partial charge in [0, 0.05) is 66.8 Å². The molecule has 0 saturated carbocycles. The third kappa shape index (κ3) is 13.5. The summed E-state index contributed by atoms with van der Waals surface area (Å²) in [7, 11) is -4.30. The highest BCUT2D eigenvalue weighted by Gasteiger charge is 2.40. The fourth-order valence-electron chi connectivity index (χ4n) is 8.16. The number of amides is 1. The van der Waals surface area contributed by atoms with E-state index in [0.717, 1.165) is 95.0 Å². The number of anilines is 1. The minimum Gasteiger partial charge on any atom is -0.489 e. The van der Waals surface area contributed by atoms with Crippen LogP contribution in [-0.2, 0) is 52.7 Å². The number of ether oxygens (including phenoxy) is 2. The van der Waals surface area contributed by atoms with Gasteiger partial charge < -0.3 is 34.3 Å². The molecule has 1 aliphatic rings. The number of hydrogen-bond donors (Lipinski definition) is 3. The lowest BCUT2D eigenvalue weighted by molar-refractivity contribution is 0.0904. The molecule has 0 aliphatic carbocycles. The Hall–Kier alpha value is -4.38. The van der Waals surface area contributed by atoms with Gasteiger partial charge in [0.05, 0.1) is 30.0 Å². The second-order valence-corrected chi connectivity index (χ2v) is 31.9. The van der Waals surface area contributed by atoms with Crippen molar-refractivity contribution >= 4 is 39.3 Å². The molecule has 1 atom stereocenters. The Morgan fingerprint density at radius 2 is 1.54 bits per heavy atom. The normalized spacial score (nSPS) is 14.9. The number of fused-ring (bicyclic) bond motifs is 1. The van der Waals surface area contributed by atoms with E-state index < -0.39 is 16.6 Å². The summed E-state index contributed by atoms with van der Waals surface area (Å²) in [4.78, 5) is 19.1. The van der Waals surface area contributed by atoms with E-state index >= 15 is 0 Å². The molecule has 1 fully saturated rings. The third-order valence-corrected chi connectivity index (χ3v) is 23.5. The van der Waals surface area contributed by atoms with Gasteiger partial charge in [-0.05, 0) is 124 Å². The van der Waals surface area contributed by atoms with Crippen molar-refractivity contribution in [3.8, 4) is 5.75 Å². The number of carbonyl (C=O) groups excluding carboxylic acids is 1. The van der Waals surface area contributed by atoms with E-state index in [9.17, 15) is 4.79 Å². The molecule has 5 aromatic rings. The monoisotopic (exact) mass is 963 g/mol. The molecule has 1 amide bonds. The van der Waals surface area contributed by atoms with Crippen LogP contribution < -0.4 is 20.7 Å². The number of nitrogens with one attached hydrogen (secondary N) is 3. The molecule has 2 aromatic heterocycles. The zero-order valence-electron chi connectivity index (χ0n) is 43.8. The second kappa shape index (κ2) is 22.1. The fourth-order valence-corrected chi connectivity index (χ4v) is 10.4. The molecule has 1 aliphatic heterocycles. The summed E-state index contributed by atoms with van der Waals surface area (Å²) in [5, 5.41) is 16.7. The minimum atomic E-state index is -2.23. The quantitative estimate of drug-likeness (QED) is 0.0617. The summed E-state index contributed by atoms with van der Waals surface area (Å²) in [6.45, 7) is 35.7. The van der Waals surface area contributed by atoms with E-state index in [1.54, 1.807) is 0 Å². The summed E-state index contributed by atoms with van der Waals surface area (Å²) in [5.74, 6) is 0.715. The van der Waals surface area contributed by atoms with Crippen molar-refractivity contribution in [2.45, 2.75) is 175 Å². The van der Waals surface area contributed by atoms with Gasteiger partial charge in [-0.1, -0.05) is 97.0 Å². The van der Waals surface area contributed by atoms with Crippen molar-refractivity contribution in [1.82, 2.24) is 25.4 Å². The number of rotatable bonds is 21. The van der Waals surface area contributed by atoms with Gasteiger partial charge in [-0.25, -0.2) is 9.67 Å². The number of aromatic nitrogens is 3. The van der Waals surface area contributed by atoms with Crippen molar-refractivity contribution in [3.63, 3.8) is 0 Å². The highest BCUT2D eigenvalue weighted by atomic mass is 28.4. The lowest BCUT2D eigenvalue weighted by atomic mass is 9.93. The standard InChI is InChI=1S/C55H82N6O5Si2/c1-15-47-45(50(59-44-27-29-63-30-28-44)46-35-58-61(16-2)51(46)60-47)34-56-52(62)42-24-20-23-40(31-42)33-55(9,10)57-36-49(66-68(13,14)54(6,7)8)41-25-26-48(64-37-39-21-18-17-19-22-39)43(32-41)38-65-67(11,12)53(3,4)5/h17-26,31-32,35,44,49,57H,15-16,27-30,33-34,36-38H2,1-14H3,(H,56,62)(H,59,60)/t49-/m0/s1. The molecule has 6 rings (SSSR count). The second-order valence-electron chi connectivity index (χ2n) is 22.4. The van der Waals surface area contributed by atoms with Crippen LogP contribution in [0.2, 0.25) is 36.3 Å². The van der Waals surface area contributed by atoms with Crippen LogP contribution in [0.25, 0.3) is 11.0 Å². The number of benzene rings is 3. The van der Waals surface area contributed by atoms with E-state index in [1.807, 2.05) is 47.3 Å². The van der Waals surface area contributed by atoms with Crippen LogP contribution >= 0.6 is 0 Å². The third-order valence-electron chi connectivity index (χ3n) is 14.5. The molecular formula is C55H82N6O5Si2. The first kappa shape index (κ1) is 53.0. The Morgan fingerprint density at radius 1 is 0.853 bits per heavy atom. The van der Waals surface area contributed by atoms with Gasteiger partial charge in [-0.3, -0.25) is 4.79 Å². The van der Waals surface area contributed by atoms with Crippen LogP contribution in [0, 0.1) is 0 Å². The van der Waals surface area contributed by atoms with Crippen LogP contribution in [-0.4, -0.2) is 68.6 Å². The lowest BCUT2D eigenvalue weighted by Gasteiger charge is -2.40. The van der Waals surface area contributed by atoms with Crippen LogP contribution in [0.5, 0.6) is 5.75 Å². The first-order valence-corrected chi connectivity index (χ1v) is 30.8. The Bertz CT molecular complexity index is 2450. The molecule has 3 heterocycles. The molecule has 68 heavy (non-hydrogen) atoms. The highest BCUT2D eigenvalue weighted by molar-refractivity contribution is 6.74. The number of aryl methyl sites for hydroxylation is 2. The van der Waals surface area contributed by atoms with Gasteiger partial charge in [-0.2, -0.15) is 5.10 Å². The average Bonchev–Trinajstić information content (AvgIpc) is 3.71. The first-order valence-electron chi connectivity index (χ1n) is 25.0. The smallest absolute Gasteiger partial charge is 0.251 e. The van der Waals surface area contributed by atoms with Crippen LogP contribution in [0.4, 0.5) is 5.69 Å². The van der Waals surface area contributed by atoms with E-state index in [2.05, 4.69) is 153 Å². The van der Waals surface area contributed by atoms with Crippen LogP contribution in [0.1, 0.15) is 132 Å². The van der Waals surface area contributed by atoms with Crippen LogP contribution in [0.3, 0.4) is 0 Å². The number of hydrogen-bond acceptors (Lipinski definition) is 9. The number of carbonyl (C=O) groups is 1. The van der Waals surface area contributed by atoms with Gasteiger partial charge in [0.2, 0.25) is 0 Å². The maximum atomic E-state index is 14.0. The van der Waals surface area contributed by atoms with Gasteiger partial charge in [0.1, 0.15) is 12.4 Å². The summed E-state index contributed by atoms with van der Waals surface area (Å²) in [5.41, 5.74) is 8.48. The molecule has 0 radical (unpaired) electrons. The summed E-state index contributed by atoms with van der Waals surface area (Å²) in [6, 6.07) is 25.1. The average molecular weight is 963 g/mol. The van der Waals surface area contributed by atoms with Crippen molar-refractivity contribution in [2.24, 2.45) is 0 Å². The van der Waals surface area contributed by atoms with Gasteiger partial charge in [-0.15, -0.1) is 0 Å². The zero-order chi connectivity index (χ0) is 49.5. The predicted octanol–water partition coefficient (Wildman–Crippen LogP) is 12.3. The van der Waals surface area contributed by atoms with Crippen molar-refractivity contribution in [1.29, 1.82) is 0 Å². The molecule has 1 saturated heterocycles. The van der Waals surface area contributed by atoms with Gasteiger partial charge in [0.15, 0.2) is 22.3 Å².